The van der Waals surface area contributed by atoms with E-state index in [9.17, 15) is 5.11 Å². The molecule has 0 saturated heterocycles. The smallest absolute Gasteiger partial charge is 0.257 e. The molecule has 0 bridgehead atoms. The fraction of sp³-hybridized carbons (Fsp3) is 0.333. The van der Waals surface area contributed by atoms with E-state index < -0.39 is 0 Å². The van der Waals surface area contributed by atoms with Crippen molar-refractivity contribution in [3.05, 3.63) is 29.6 Å². The van der Waals surface area contributed by atoms with Crippen LogP contribution >= 0.6 is 0 Å². The van der Waals surface area contributed by atoms with Crippen molar-refractivity contribution in [3.8, 4) is 17.2 Å². The molecule has 4 nitrogen and oxygen atoms in total. The molecule has 1 heterocycles. The van der Waals surface area contributed by atoms with Gasteiger partial charge in [0.2, 0.25) is 0 Å². The number of phenols is 1. The molecule has 0 aliphatic rings. The second kappa shape index (κ2) is 4.35. The molecule has 4 heteroatoms. The van der Waals surface area contributed by atoms with Crippen LogP contribution < -0.4 is 0 Å². The number of hydrogen-bond donors (Lipinski definition) is 1. The first kappa shape index (κ1) is 10.7. The molecule has 0 fully saturated rings. The first-order valence-electron chi connectivity index (χ1n) is 5.33. The van der Waals surface area contributed by atoms with Crippen molar-refractivity contribution >= 4 is 0 Å². The lowest BCUT2D eigenvalue weighted by Gasteiger charge is -1.99. The summed E-state index contributed by atoms with van der Waals surface area (Å²) in [5, 5.41) is 13.3. The molecule has 1 aromatic heterocycles. The fourth-order valence-corrected chi connectivity index (χ4v) is 1.48. The van der Waals surface area contributed by atoms with E-state index in [4.69, 9.17) is 4.52 Å². The van der Waals surface area contributed by atoms with E-state index in [1.165, 1.54) is 0 Å². The van der Waals surface area contributed by atoms with Crippen molar-refractivity contribution in [2.24, 2.45) is 0 Å². The molecule has 1 N–H and O–H groups in total. The van der Waals surface area contributed by atoms with Gasteiger partial charge in [0.1, 0.15) is 5.75 Å². The molecule has 0 saturated carbocycles. The summed E-state index contributed by atoms with van der Waals surface area (Å²) in [4.78, 5) is 4.28. The highest BCUT2D eigenvalue weighted by atomic mass is 16.5. The summed E-state index contributed by atoms with van der Waals surface area (Å²) in [5.74, 6) is 1.51. The van der Waals surface area contributed by atoms with Gasteiger partial charge in [0, 0.05) is 12.0 Å². The molecule has 0 atom stereocenters. The minimum absolute atomic E-state index is 0.275. The van der Waals surface area contributed by atoms with Gasteiger partial charge in [-0.2, -0.15) is 4.98 Å². The van der Waals surface area contributed by atoms with Crippen molar-refractivity contribution in [2.45, 2.75) is 26.7 Å². The minimum Gasteiger partial charge on any atom is -0.508 e. The SMILES string of the molecule is CCCc1noc(-c2ccc(O)c(C)c2)n1. The lowest BCUT2D eigenvalue weighted by atomic mass is 10.1. The number of nitrogens with zero attached hydrogens (tertiary/aromatic N) is 2. The van der Waals surface area contributed by atoms with Gasteiger partial charge in [0.15, 0.2) is 5.82 Å². The normalized spacial score (nSPS) is 10.6. The zero-order valence-electron chi connectivity index (χ0n) is 9.40. The standard InChI is InChI=1S/C12H14N2O2/c1-3-4-11-13-12(16-14-11)9-5-6-10(15)8(2)7-9/h5-7,15H,3-4H2,1-2H3. The highest BCUT2D eigenvalue weighted by Gasteiger charge is 2.09. The number of aromatic nitrogens is 2. The van der Waals surface area contributed by atoms with E-state index in [0.717, 1.165) is 29.8 Å². The van der Waals surface area contributed by atoms with Gasteiger partial charge >= 0.3 is 0 Å². The Morgan fingerprint density at radius 3 is 2.88 bits per heavy atom. The molecule has 0 spiro atoms. The Hall–Kier alpha value is -1.84. The summed E-state index contributed by atoms with van der Waals surface area (Å²) in [5.41, 5.74) is 1.64. The Labute approximate surface area is 93.9 Å². The van der Waals surface area contributed by atoms with Crippen molar-refractivity contribution in [1.29, 1.82) is 0 Å². The molecule has 0 aliphatic heterocycles. The van der Waals surface area contributed by atoms with Gasteiger partial charge < -0.3 is 9.63 Å². The van der Waals surface area contributed by atoms with Crippen LogP contribution in [0.15, 0.2) is 22.7 Å². The van der Waals surface area contributed by atoms with Crippen molar-refractivity contribution < 1.29 is 9.63 Å². The van der Waals surface area contributed by atoms with Gasteiger partial charge in [0.25, 0.3) is 5.89 Å². The molecule has 2 rings (SSSR count). The van der Waals surface area contributed by atoms with Gasteiger partial charge in [-0.15, -0.1) is 0 Å². The average molecular weight is 218 g/mol. The molecule has 84 valence electrons. The topological polar surface area (TPSA) is 59.2 Å². The van der Waals surface area contributed by atoms with Gasteiger partial charge in [0.05, 0.1) is 0 Å². The molecular formula is C12H14N2O2. The zero-order chi connectivity index (χ0) is 11.5. The van der Waals surface area contributed by atoms with Crippen LogP contribution in [-0.2, 0) is 6.42 Å². The summed E-state index contributed by atoms with van der Waals surface area (Å²) in [7, 11) is 0. The van der Waals surface area contributed by atoms with Crippen LogP contribution in [-0.4, -0.2) is 15.2 Å². The van der Waals surface area contributed by atoms with E-state index in [0.29, 0.717) is 5.89 Å². The minimum atomic E-state index is 0.275. The quantitative estimate of drug-likeness (QED) is 0.860. The number of aromatic hydroxyl groups is 1. The predicted octanol–water partition coefficient (Wildman–Crippen LogP) is 2.70. The van der Waals surface area contributed by atoms with E-state index in [1.807, 2.05) is 13.0 Å². The average Bonchev–Trinajstić information content (AvgIpc) is 2.71. The monoisotopic (exact) mass is 218 g/mol. The predicted molar refractivity (Wildman–Crippen MR) is 60.1 cm³/mol. The summed E-state index contributed by atoms with van der Waals surface area (Å²) >= 11 is 0. The summed E-state index contributed by atoms with van der Waals surface area (Å²) in [6.45, 7) is 3.91. The van der Waals surface area contributed by atoms with Crippen molar-refractivity contribution in [2.75, 3.05) is 0 Å². The number of rotatable bonds is 3. The summed E-state index contributed by atoms with van der Waals surface area (Å²) in [6, 6.07) is 5.23. The summed E-state index contributed by atoms with van der Waals surface area (Å²) in [6.07, 6.45) is 1.81. The number of hydrogen-bond acceptors (Lipinski definition) is 4. The van der Waals surface area contributed by atoms with Crippen LogP contribution in [0, 0.1) is 6.92 Å². The van der Waals surface area contributed by atoms with Gasteiger partial charge in [-0.05, 0) is 37.1 Å². The third kappa shape index (κ3) is 2.05. The van der Waals surface area contributed by atoms with Gasteiger partial charge in [-0.3, -0.25) is 0 Å². The third-order valence-corrected chi connectivity index (χ3v) is 2.39. The van der Waals surface area contributed by atoms with E-state index >= 15 is 0 Å². The lowest BCUT2D eigenvalue weighted by molar-refractivity contribution is 0.422. The molecule has 2 aromatic rings. The maximum Gasteiger partial charge on any atom is 0.257 e. The summed E-state index contributed by atoms with van der Waals surface area (Å²) < 4.78 is 5.16. The Morgan fingerprint density at radius 1 is 1.38 bits per heavy atom. The fourth-order valence-electron chi connectivity index (χ4n) is 1.48. The second-order valence-electron chi connectivity index (χ2n) is 3.77. The molecule has 0 radical (unpaired) electrons. The Kier molecular flexibility index (Phi) is 2.90. The van der Waals surface area contributed by atoms with Gasteiger partial charge in [-0.1, -0.05) is 12.1 Å². The van der Waals surface area contributed by atoms with Gasteiger partial charge in [-0.25, -0.2) is 0 Å². The molecule has 0 aliphatic carbocycles. The van der Waals surface area contributed by atoms with Crippen LogP contribution in [0.1, 0.15) is 24.7 Å². The first-order chi connectivity index (χ1) is 7.70. The number of phenolic OH excluding ortho intramolecular Hbond substituents is 1. The number of aryl methyl sites for hydroxylation is 2. The lowest BCUT2D eigenvalue weighted by Crippen LogP contribution is -1.85. The Bertz CT molecular complexity index is 492. The van der Waals surface area contributed by atoms with Crippen LogP contribution in [0.5, 0.6) is 5.75 Å². The van der Waals surface area contributed by atoms with Crippen molar-refractivity contribution in [3.63, 3.8) is 0 Å². The molecule has 0 amide bonds. The van der Waals surface area contributed by atoms with E-state index in [2.05, 4.69) is 17.1 Å². The van der Waals surface area contributed by atoms with Crippen LogP contribution in [0.25, 0.3) is 11.5 Å². The maximum absolute atomic E-state index is 9.41. The molecule has 16 heavy (non-hydrogen) atoms. The third-order valence-electron chi connectivity index (χ3n) is 2.39. The molecular weight excluding hydrogens is 204 g/mol. The Balaban J connectivity index is 2.31. The van der Waals surface area contributed by atoms with E-state index in [-0.39, 0.29) is 5.75 Å². The van der Waals surface area contributed by atoms with Crippen molar-refractivity contribution in [1.82, 2.24) is 10.1 Å². The van der Waals surface area contributed by atoms with Crippen LogP contribution in [0.3, 0.4) is 0 Å². The van der Waals surface area contributed by atoms with Crippen LogP contribution in [0.4, 0.5) is 0 Å². The number of benzene rings is 1. The molecule has 1 aromatic carbocycles. The van der Waals surface area contributed by atoms with E-state index in [1.54, 1.807) is 12.1 Å². The Morgan fingerprint density at radius 2 is 2.19 bits per heavy atom. The largest absolute Gasteiger partial charge is 0.508 e. The molecule has 0 unspecified atom stereocenters. The zero-order valence-corrected chi connectivity index (χ0v) is 9.40. The first-order valence-corrected chi connectivity index (χ1v) is 5.33. The highest BCUT2D eigenvalue weighted by molar-refractivity contribution is 5.56. The second-order valence-corrected chi connectivity index (χ2v) is 3.77. The maximum atomic E-state index is 9.41. The highest BCUT2D eigenvalue weighted by Crippen LogP contribution is 2.24. The van der Waals surface area contributed by atoms with Crippen LogP contribution in [0.2, 0.25) is 0 Å².